The number of rotatable bonds is 7. The third-order valence-electron chi connectivity index (χ3n) is 1.44. The van der Waals surface area contributed by atoms with Crippen molar-refractivity contribution in [3.63, 3.8) is 0 Å². The minimum Gasteiger partial charge on any atom is -0.382 e. The molecule has 0 aliphatic carbocycles. The lowest BCUT2D eigenvalue weighted by Gasteiger charge is -2.10. The molecule has 0 spiro atoms. The van der Waals surface area contributed by atoms with Crippen molar-refractivity contribution < 1.29 is 14.2 Å². The van der Waals surface area contributed by atoms with Crippen LogP contribution in [-0.2, 0) is 14.2 Å². The molecule has 0 aromatic rings. The second-order valence-corrected chi connectivity index (χ2v) is 2.40. The smallest absolute Gasteiger partial charge is 0.147 e. The van der Waals surface area contributed by atoms with Crippen LogP contribution in [-0.4, -0.2) is 33.2 Å². The number of ether oxygens (including phenoxy) is 3. The first-order valence-electron chi connectivity index (χ1n) is 3.99. The van der Waals surface area contributed by atoms with Crippen LogP contribution < -0.4 is 0 Å². The van der Waals surface area contributed by atoms with E-state index in [0.29, 0.717) is 20.0 Å². The maximum absolute atomic E-state index is 5.26. The molecule has 11 heavy (non-hydrogen) atoms. The fraction of sp³-hybridized carbons (Fsp3) is 1.00. The zero-order valence-corrected chi connectivity index (χ0v) is 7.63. The summed E-state index contributed by atoms with van der Waals surface area (Å²) in [5.41, 5.74) is 0. The Morgan fingerprint density at radius 3 is 2.55 bits per heavy atom. The third kappa shape index (κ3) is 7.78. The highest BCUT2D eigenvalue weighted by Crippen LogP contribution is 1.94. The molecule has 0 saturated carbocycles. The van der Waals surface area contributed by atoms with Crippen LogP contribution in [0.1, 0.15) is 20.3 Å². The number of hydrogen-bond acceptors (Lipinski definition) is 3. The Balaban J connectivity index is 2.89. The van der Waals surface area contributed by atoms with Gasteiger partial charge in [-0.05, 0) is 13.3 Å². The predicted octanol–water partition coefficient (Wildman–Crippen LogP) is 1.42. The van der Waals surface area contributed by atoms with Crippen LogP contribution in [0.15, 0.2) is 0 Å². The summed E-state index contributed by atoms with van der Waals surface area (Å²) in [5, 5.41) is 0. The van der Waals surface area contributed by atoms with Crippen LogP contribution >= 0.6 is 0 Å². The molecule has 0 amide bonds. The van der Waals surface area contributed by atoms with Gasteiger partial charge in [0.15, 0.2) is 0 Å². The van der Waals surface area contributed by atoms with Crippen molar-refractivity contribution in [2.45, 2.75) is 26.4 Å². The molecular formula is C8H18O3. The predicted molar refractivity (Wildman–Crippen MR) is 43.5 cm³/mol. The molecule has 1 atom stereocenters. The second-order valence-electron chi connectivity index (χ2n) is 2.40. The van der Waals surface area contributed by atoms with E-state index in [1.807, 2.05) is 6.92 Å². The molecule has 3 heteroatoms. The van der Waals surface area contributed by atoms with Gasteiger partial charge in [-0.1, -0.05) is 6.92 Å². The van der Waals surface area contributed by atoms with Crippen molar-refractivity contribution in [2.24, 2.45) is 0 Å². The molecule has 0 bridgehead atoms. The van der Waals surface area contributed by atoms with E-state index in [0.717, 1.165) is 6.42 Å². The monoisotopic (exact) mass is 162 g/mol. The van der Waals surface area contributed by atoms with Gasteiger partial charge in [0.05, 0.1) is 19.3 Å². The summed E-state index contributed by atoms with van der Waals surface area (Å²) >= 11 is 0. The van der Waals surface area contributed by atoms with Crippen LogP contribution in [0.3, 0.4) is 0 Å². The minimum atomic E-state index is 0.289. The maximum Gasteiger partial charge on any atom is 0.147 e. The first-order chi connectivity index (χ1) is 5.31. The topological polar surface area (TPSA) is 27.7 Å². The normalized spacial score (nSPS) is 13.4. The third-order valence-corrected chi connectivity index (χ3v) is 1.44. The fourth-order valence-corrected chi connectivity index (χ4v) is 0.483. The quantitative estimate of drug-likeness (QED) is 0.418. The first-order valence-corrected chi connectivity index (χ1v) is 3.99. The Kier molecular flexibility index (Phi) is 7.89. The summed E-state index contributed by atoms with van der Waals surface area (Å²) in [6.45, 7) is 5.72. The van der Waals surface area contributed by atoms with Crippen molar-refractivity contribution in [3.05, 3.63) is 0 Å². The zero-order chi connectivity index (χ0) is 8.53. The molecule has 68 valence electrons. The lowest BCUT2D eigenvalue weighted by molar-refractivity contribution is -0.0929. The van der Waals surface area contributed by atoms with Gasteiger partial charge in [0, 0.05) is 7.11 Å². The van der Waals surface area contributed by atoms with Gasteiger partial charge in [-0.2, -0.15) is 0 Å². The Morgan fingerprint density at radius 1 is 1.27 bits per heavy atom. The molecule has 0 aromatic carbocycles. The lowest BCUT2D eigenvalue weighted by atomic mass is 10.3. The molecule has 0 aliphatic heterocycles. The van der Waals surface area contributed by atoms with E-state index >= 15 is 0 Å². The molecule has 0 fully saturated rings. The summed E-state index contributed by atoms with van der Waals surface area (Å²) in [4.78, 5) is 0. The summed E-state index contributed by atoms with van der Waals surface area (Å²) in [5.74, 6) is 0. The van der Waals surface area contributed by atoms with Gasteiger partial charge in [0.2, 0.25) is 0 Å². The van der Waals surface area contributed by atoms with Gasteiger partial charge in [0.25, 0.3) is 0 Å². The largest absolute Gasteiger partial charge is 0.382 e. The lowest BCUT2D eigenvalue weighted by Crippen LogP contribution is -2.11. The van der Waals surface area contributed by atoms with Crippen molar-refractivity contribution in [1.29, 1.82) is 0 Å². The molecular weight excluding hydrogens is 144 g/mol. The summed E-state index contributed by atoms with van der Waals surface area (Å²) in [6, 6.07) is 0. The van der Waals surface area contributed by atoms with Crippen LogP contribution in [0, 0.1) is 0 Å². The standard InChI is InChI=1S/C8H18O3/c1-4-8(2)11-7-10-6-5-9-3/h8H,4-7H2,1-3H3. The van der Waals surface area contributed by atoms with Gasteiger partial charge in [0.1, 0.15) is 6.79 Å². The van der Waals surface area contributed by atoms with Crippen molar-refractivity contribution in [2.75, 3.05) is 27.1 Å². The van der Waals surface area contributed by atoms with E-state index < -0.39 is 0 Å². The number of hydrogen-bond donors (Lipinski definition) is 0. The molecule has 0 rings (SSSR count). The molecule has 3 nitrogen and oxygen atoms in total. The highest BCUT2D eigenvalue weighted by molar-refractivity contribution is 4.40. The van der Waals surface area contributed by atoms with Crippen LogP contribution in [0.5, 0.6) is 0 Å². The van der Waals surface area contributed by atoms with Crippen molar-refractivity contribution >= 4 is 0 Å². The van der Waals surface area contributed by atoms with Gasteiger partial charge in [-0.25, -0.2) is 0 Å². The Bertz CT molecular complexity index is 75.7. The average Bonchev–Trinajstić information content (AvgIpc) is 2.04. The molecule has 0 heterocycles. The van der Waals surface area contributed by atoms with E-state index in [-0.39, 0.29) is 6.10 Å². The molecule has 0 saturated heterocycles. The van der Waals surface area contributed by atoms with E-state index in [4.69, 9.17) is 14.2 Å². The van der Waals surface area contributed by atoms with Gasteiger partial charge in [-0.3, -0.25) is 0 Å². The summed E-state index contributed by atoms with van der Waals surface area (Å²) in [6.07, 6.45) is 1.31. The van der Waals surface area contributed by atoms with Crippen molar-refractivity contribution in [3.8, 4) is 0 Å². The Labute approximate surface area is 68.6 Å². The molecule has 0 aliphatic rings. The van der Waals surface area contributed by atoms with E-state index in [2.05, 4.69) is 6.92 Å². The van der Waals surface area contributed by atoms with Gasteiger partial charge < -0.3 is 14.2 Å². The molecule has 0 aromatic heterocycles. The fourth-order valence-electron chi connectivity index (χ4n) is 0.483. The SMILES string of the molecule is CCC(C)OCOCCOC. The number of methoxy groups -OCH3 is 1. The minimum absolute atomic E-state index is 0.289. The van der Waals surface area contributed by atoms with Crippen LogP contribution in [0.4, 0.5) is 0 Å². The highest BCUT2D eigenvalue weighted by Gasteiger charge is 1.96. The highest BCUT2D eigenvalue weighted by atomic mass is 16.7. The summed E-state index contributed by atoms with van der Waals surface area (Å²) < 4.78 is 15.2. The van der Waals surface area contributed by atoms with E-state index in [1.165, 1.54) is 0 Å². The molecule has 1 unspecified atom stereocenters. The van der Waals surface area contributed by atoms with Crippen LogP contribution in [0.2, 0.25) is 0 Å². The molecule has 0 N–H and O–H groups in total. The zero-order valence-electron chi connectivity index (χ0n) is 7.63. The van der Waals surface area contributed by atoms with E-state index in [1.54, 1.807) is 7.11 Å². The Morgan fingerprint density at radius 2 is 2.00 bits per heavy atom. The average molecular weight is 162 g/mol. The van der Waals surface area contributed by atoms with Crippen LogP contribution in [0.25, 0.3) is 0 Å². The van der Waals surface area contributed by atoms with Gasteiger partial charge >= 0.3 is 0 Å². The van der Waals surface area contributed by atoms with Gasteiger partial charge in [-0.15, -0.1) is 0 Å². The molecule has 0 radical (unpaired) electrons. The maximum atomic E-state index is 5.26. The second kappa shape index (κ2) is 7.98. The van der Waals surface area contributed by atoms with E-state index in [9.17, 15) is 0 Å². The summed E-state index contributed by atoms with van der Waals surface area (Å²) in [7, 11) is 1.65. The van der Waals surface area contributed by atoms with Crippen molar-refractivity contribution in [1.82, 2.24) is 0 Å². The first kappa shape index (κ1) is 10.9. The Hall–Kier alpha value is -0.120.